The third-order valence-electron chi connectivity index (χ3n) is 7.70. The second-order valence-corrected chi connectivity index (χ2v) is 10.6. The van der Waals surface area contributed by atoms with E-state index in [0.717, 1.165) is 11.1 Å². The summed E-state index contributed by atoms with van der Waals surface area (Å²) in [5.74, 6) is -0.906. The fourth-order valence-corrected chi connectivity index (χ4v) is 5.42. The summed E-state index contributed by atoms with van der Waals surface area (Å²) in [6.07, 6.45) is 3.32. The maximum absolute atomic E-state index is 16.4. The number of carbonyl (C=O) groups is 3. The second-order valence-electron chi connectivity index (χ2n) is 10.6. The smallest absolute Gasteiger partial charge is 0.255 e. The van der Waals surface area contributed by atoms with Crippen LogP contribution < -0.4 is 10.6 Å². The monoisotopic (exact) mass is 562 g/mol. The molecule has 9 heteroatoms. The van der Waals surface area contributed by atoms with Crippen LogP contribution in [0.15, 0.2) is 77.5 Å². The van der Waals surface area contributed by atoms with Crippen molar-refractivity contribution in [3.63, 3.8) is 0 Å². The number of halogens is 1. The maximum atomic E-state index is 16.4. The highest BCUT2D eigenvalue weighted by molar-refractivity contribution is 6.12. The Balaban J connectivity index is 1.42. The van der Waals surface area contributed by atoms with E-state index in [1.165, 1.54) is 7.05 Å². The lowest BCUT2D eigenvalue weighted by Crippen LogP contribution is -2.56. The molecular formula is C33H27FN4O4. The summed E-state index contributed by atoms with van der Waals surface area (Å²) >= 11 is 0. The topological polar surface area (TPSA) is 114 Å². The molecule has 2 N–H and O–H groups in total. The van der Waals surface area contributed by atoms with Crippen molar-refractivity contribution in [3.05, 3.63) is 107 Å². The number of nitrogens with zero attached hydrogens (tertiary/aromatic N) is 2. The van der Waals surface area contributed by atoms with Crippen LogP contribution in [0.1, 0.15) is 50.5 Å². The number of amides is 2. The zero-order chi connectivity index (χ0) is 29.6. The number of fused-ring (bicyclic) bond motifs is 1. The van der Waals surface area contributed by atoms with Gasteiger partial charge in [-0.3, -0.25) is 14.4 Å². The Hall–Kier alpha value is -5.18. The number of ketones is 1. The average molecular weight is 563 g/mol. The highest BCUT2D eigenvalue weighted by Gasteiger charge is 2.48. The maximum Gasteiger partial charge on any atom is 0.255 e. The van der Waals surface area contributed by atoms with E-state index in [2.05, 4.69) is 20.6 Å². The first-order valence-electron chi connectivity index (χ1n) is 13.5. The second kappa shape index (κ2) is 10.3. The minimum atomic E-state index is -0.990. The number of rotatable bonds is 6. The molecule has 1 saturated carbocycles. The molecule has 1 aliphatic carbocycles. The molecule has 42 heavy (non-hydrogen) atoms. The van der Waals surface area contributed by atoms with Gasteiger partial charge in [0.15, 0.2) is 5.82 Å². The standard InChI is InChI=1S/C33H27FN4O4/c1-18-5-8-20(9-6-18)29-27(31(41)35-3)26-25(42-29)12-11-23(28(26)34)24-15-21(10-7-19(24)2)30(40)38-33(16-22(39)17-33)32-36-13-4-14-37-32/h4-15H,16-17H2,1-3H3,(H,35,41)(H,38,40). The Bertz CT molecular complexity index is 1870. The SMILES string of the molecule is CNC(=O)c1c(-c2ccc(C)cc2)oc2ccc(-c3cc(C(=O)NC4(c5ncccn5)CC(=O)C4)ccc3C)c(F)c12. The minimum absolute atomic E-state index is 0.000221. The van der Waals surface area contributed by atoms with Gasteiger partial charge in [-0.05, 0) is 55.3 Å². The van der Waals surface area contributed by atoms with E-state index >= 15 is 4.39 Å². The molecule has 0 bridgehead atoms. The van der Waals surface area contributed by atoms with Crippen LogP contribution in [0.4, 0.5) is 4.39 Å². The van der Waals surface area contributed by atoms with Gasteiger partial charge in [-0.2, -0.15) is 0 Å². The molecule has 0 radical (unpaired) electrons. The molecule has 210 valence electrons. The molecule has 0 aliphatic heterocycles. The molecular weight excluding hydrogens is 535 g/mol. The molecule has 8 nitrogen and oxygen atoms in total. The first-order chi connectivity index (χ1) is 20.2. The van der Waals surface area contributed by atoms with E-state index in [1.807, 2.05) is 38.1 Å². The number of nitrogens with one attached hydrogen (secondary N) is 2. The third kappa shape index (κ3) is 4.52. The number of carbonyl (C=O) groups excluding carboxylic acids is 3. The van der Waals surface area contributed by atoms with Crippen molar-refractivity contribution in [3.8, 4) is 22.5 Å². The normalized spacial score (nSPS) is 14.0. The van der Waals surface area contributed by atoms with Gasteiger partial charge >= 0.3 is 0 Å². The minimum Gasteiger partial charge on any atom is -0.455 e. The van der Waals surface area contributed by atoms with Gasteiger partial charge in [0.25, 0.3) is 11.8 Å². The van der Waals surface area contributed by atoms with Gasteiger partial charge < -0.3 is 15.1 Å². The van der Waals surface area contributed by atoms with Gasteiger partial charge in [0.05, 0.1) is 10.9 Å². The zero-order valence-electron chi connectivity index (χ0n) is 23.2. The van der Waals surface area contributed by atoms with E-state index in [4.69, 9.17) is 4.42 Å². The lowest BCUT2D eigenvalue weighted by Gasteiger charge is -2.39. The molecule has 1 aliphatic rings. The van der Waals surface area contributed by atoms with Crippen LogP contribution in [-0.2, 0) is 10.3 Å². The lowest BCUT2D eigenvalue weighted by molar-refractivity contribution is -0.129. The van der Waals surface area contributed by atoms with Crippen LogP contribution in [0.3, 0.4) is 0 Å². The molecule has 3 aromatic carbocycles. The van der Waals surface area contributed by atoms with Gasteiger partial charge in [-0.1, -0.05) is 35.9 Å². The molecule has 0 atom stereocenters. The Morgan fingerprint density at radius 2 is 1.64 bits per heavy atom. The van der Waals surface area contributed by atoms with Crippen LogP contribution >= 0.6 is 0 Å². The number of hydrogen-bond acceptors (Lipinski definition) is 6. The molecule has 6 rings (SSSR count). The predicted octanol–water partition coefficient (Wildman–Crippen LogP) is 5.66. The van der Waals surface area contributed by atoms with Crippen LogP contribution in [0.5, 0.6) is 0 Å². The number of furan rings is 1. The summed E-state index contributed by atoms with van der Waals surface area (Å²) in [4.78, 5) is 47.0. The summed E-state index contributed by atoms with van der Waals surface area (Å²) < 4.78 is 22.5. The van der Waals surface area contributed by atoms with Gasteiger partial charge in [0.1, 0.15) is 28.5 Å². The van der Waals surface area contributed by atoms with E-state index in [9.17, 15) is 14.4 Å². The highest BCUT2D eigenvalue weighted by Crippen LogP contribution is 2.40. The number of Topliss-reactive ketones (excluding diaryl/α,β-unsaturated/α-hetero) is 1. The molecule has 1 fully saturated rings. The van der Waals surface area contributed by atoms with Crippen LogP contribution in [0, 0.1) is 19.7 Å². The fourth-order valence-electron chi connectivity index (χ4n) is 5.42. The van der Waals surface area contributed by atoms with Crippen LogP contribution in [0.25, 0.3) is 33.4 Å². The van der Waals surface area contributed by atoms with Gasteiger partial charge in [-0.15, -0.1) is 0 Å². The summed E-state index contributed by atoms with van der Waals surface area (Å²) in [5.41, 5.74) is 2.74. The van der Waals surface area contributed by atoms with Gasteiger partial charge in [0.2, 0.25) is 0 Å². The summed E-state index contributed by atoms with van der Waals surface area (Å²) in [6, 6.07) is 17.3. The number of aromatic nitrogens is 2. The van der Waals surface area contributed by atoms with Gasteiger partial charge in [0, 0.05) is 49.0 Å². The first kappa shape index (κ1) is 27.0. The number of hydrogen-bond donors (Lipinski definition) is 2. The van der Waals surface area contributed by atoms with Crippen molar-refractivity contribution in [2.24, 2.45) is 0 Å². The Labute approximate surface area is 241 Å². The van der Waals surface area contributed by atoms with Crippen molar-refractivity contribution in [2.75, 3.05) is 7.05 Å². The van der Waals surface area contributed by atoms with E-state index in [1.54, 1.807) is 48.8 Å². The summed E-state index contributed by atoms with van der Waals surface area (Å²) in [5, 5.41) is 5.61. The highest BCUT2D eigenvalue weighted by atomic mass is 19.1. The summed E-state index contributed by atoms with van der Waals surface area (Å²) in [7, 11) is 1.48. The molecule has 0 spiro atoms. The lowest BCUT2D eigenvalue weighted by atomic mass is 9.74. The van der Waals surface area contributed by atoms with E-state index in [-0.39, 0.29) is 52.0 Å². The quantitative estimate of drug-likeness (QED) is 0.276. The van der Waals surface area contributed by atoms with Crippen molar-refractivity contribution >= 4 is 28.6 Å². The predicted molar refractivity (Wildman–Crippen MR) is 155 cm³/mol. The van der Waals surface area contributed by atoms with Crippen molar-refractivity contribution in [1.29, 1.82) is 0 Å². The molecule has 2 amide bonds. The Kier molecular flexibility index (Phi) is 6.65. The first-order valence-corrected chi connectivity index (χ1v) is 13.5. The Morgan fingerprint density at radius 3 is 2.31 bits per heavy atom. The van der Waals surface area contributed by atoms with E-state index < -0.39 is 23.2 Å². The third-order valence-corrected chi connectivity index (χ3v) is 7.70. The van der Waals surface area contributed by atoms with Crippen molar-refractivity contribution in [1.82, 2.24) is 20.6 Å². The van der Waals surface area contributed by atoms with Gasteiger partial charge in [-0.25, -0.2) is 14.4 Å². The molecule has 0 unspecified atom stereocenters. The van der Waals surface area contributed by atoms with Crippen LogP contribution in [0.2, 0.25) is 0 Å². The number of aryl methyl sites for hydroxylation is 2. The fraction of sp³-hybridized carbons (Fsp3) is 0.182. The number of benzene rings is 3. The molecule has 0 saturated heterocycles. The Morgan fingerprint density at radius 1 is 0.929 bits per heavy atom. The van der Waals surface area contributed by atoms with Crippen LogP contribution in [-0.4, -0.2) is 34.6 Å². The molecule has 2 aromatic heterocycles. The average Bonchev–Trinajstić information content (AvgIpc) is 3.38. The molecule has 5 aromatic rings. The summed E-state index contributed by atoms with van der Waals surface area (Å²) in [6.45, 7) is 3.77. The van der Waals surface area contributed by atoms with Crippen molar-refractivity contribution < 1.29 is 23.2 Å². The van der Waals surface area contributed by atoms with E-state index in [0.29, 0.717) is 17.0 Å². The largest absolute Gasteiger partial charge is 0.455 e. The zero-order valence-corrected chi connectivity index (χ0v) is 23.2. The molecule has 2 heterocycles. The van der Waals surface area contributed by atoms with Crippen molar-refractivity contribution in [2.45, 2.75) is 32.2 Å².